The second kappa shape index (κ2) is 4.24. The highest BCUT2D eigenvalue weighted by Crippen LogP contribution is 2.11. The van der Waals surface area contributed by atoms with Gasteiger partial charge in [-0.25, -0.2) is 0 Å². The molecule has 74 valence electrons. The first-order valence-electron chi connectivity index (χ1n) is 4.78. The Morgan fingerprint density at radius 3 is 2.79 bits per heavy atom. The van der Waals surface area contributed by atoms with Gasteiger partial charge in [-0.1, -0.05) is 18.2 Å². The number of anilines is 1. The van der Waals surface area contributed by atoms with Crippen LogP contribution >= 0.6 is 0 Å². The molecule has 1 aromatic carbocycles. The minimum Gasteiger partial charge on any atom is -0.378 e. The number of ketones is 1. The van der Waals surface area contributed by atoms with Crippen molar-refractivity contribution in [3.63, 3.8) is 0 Å². The zero-order valence-corrected chi connectivity index (χ0v) is 7.90. The number of nitrogens with one attached hydrogen (secondary N) is 1. The van der Waals surface area contributed by atoms with E-state index in [1.165, 1.54) is 0 Å². The molecule has 1 aromatic rings. The van der Waals surface area contributed by atoms with Crippen LogP contribution in [0.3, 0.4) is 0 Å². The van der Waals surface area contributed by atoms with Crippen LogP contribution in [0.15, 0.2) is 30.3 Å². The Morgan fingerprint density at radius 1 is 1.29 bits per heavy atom. The van der Waals surface area contributed by atoms with Crippen molar-refractivity contribution in [2.75, 3.05) is 18.5 Å². The summed E-state index contributed by atoms with van der Waals surface area (Å²) >= 11 is 0. The van der Waals surface area contributed by atoms with E-state index in [4.69, 9.17) is 4.74 Å². The van der Waals surface area contributed by atoms with Gasteiger partial charge in [0.1, 0.15) is 6.04 Å². The van der Waals surface area contributed by atoms with Crippen LogP contribution < -0.4 is 5.32 Å². The monoisotopic (exact) mass is 191 g/mol. The van der Waals surface area contributed by atoms with Gasteiger partial charge in [0.25, 0.3) is 0 Å². The molecule has 2 rings (SSSR count). The summed E-state index contributed by atoms with van der Waals surface area (Å²) in [6.07, 6.45) is 0.518. The highest BCUT2D eigenvalue weighted by molar-refractivity contribution is 5.87. The zero-order valence-electron chi connectivity index (χ0n) is 7.90. The van der Waals surface area contributed by atoms with Crippen LogP contribution in [0, 0.1) is 0 Å². The lowest BCUT2D eigenvalue weighted by Crippen LogP contribution is -2.38. The second-order valence-corrected chi connectivity index (χ2v) is 3.35. The molecule has 3 heteroatoms. The molecule has 0 radical (unpaired) electrons. The molecule has 1 fully saturated rings. The van der Waals surface area contributed by atoms with E-state index < -0.39 is 0 Å². The number of ether oxygens (including phenoxy) is 1. The number of carbonyl (C=O) groups excluding carboxylic acids is 1. The first kappa shape index (κ1) is 9.21. The van der Waals surface area contributed by atoms with Crippen LogP contribution in [0.1, 0.15) is 6.42 Å². The van der Waals surface area contributed by atoms with Crippen LogP contribution in [-0.4, -0.2) is 25.0 Å². The first-order chi connectivity index (χ1) is 6.86. The molecule has 0 amide bonds. The van der Waals surface area contributed by atoms with Gasteiger partial charge in [-0.15, -0.1) is 0 Å². The molecule has 0 aromatic heterocycles. The summed E-state index contributed by atoms with van der Waals surface area (Å²) in [5, 5.41) is 3.16. The smallest absolute Gasteiger partial charge is 0.159 e. The maximum atomic E-state index is 11.5. The highest BCUT2D eigenvalue weighted by atomic mass is 16.5. The normalized spacial score (nSPS) is 22.0. The predicted octanol–water partition coefficient (Wildman–Crippen LogP) is 1.46. The molecule has 1 aliphatic rings. The summed E-state index contributed by atoms with van der Waals surface area (Å²) in [6, 6.07) is 9.55. The van der Waals surface area contributed by atoms with Crippen LogP contribution in [0.4, 0.5) is 5.69 Å². The van der Waals surface area contributed by atoms with Crippen LogP contribution in [-0.2, 0) is 9.53 Å². The Kier molecular flexibility index (Phi) is 2.79. The summed E-state index contributed by atoms with van der Waals surface area (Å²) in [7, 11) is 0. The largest absolute Gasteiger partial charge is 0.378 e. The van der Waals surface area contributed by atoms with E-state index in [1.807, 2.05) is 30.3 Å². The molecule has 1 heterocycles. The third-order valence-corrected chi connectivity index (χ3v) is 2.28. The van der Waals surface area contributed by atoms with E-state index in [0.29, 0.717) is 19.6 Å². The van der Waals surface area contributed by atoms with Crippen molar-refractivity contribution in [3.8, 4) is 0 Å². The fraction of sp³-hybridized carbons (Fsp3) is 0.364. The standard InChI is InChI=1S/C11H13NO2/c13-11-6-7-14-8-10(11)12-9-4-2-1-3-5-9/h1-5,10,12H,6-8H2. The molecule has 14 heavy (non-hydrogen) atoms. The van der Waals surface area contributed by atoms with Crippen molar-refractivity contribution in [1.82, 2.24) is 0 Å². The zero-order chi connectivity index (χ0) is 9.80. The highest BCUT2D eigenvalue weighted by Gasteiger charge is 2.22. The quantitative estimate of drug-likeness (QED) is 0.769. The second-order valence-electron chi connectivity index (χ2n) is 3.35. The number of rotatable bonds is 2. The average molecular weight is 191 g/mol. The Morgan fingerprint density at radius 2 is 2.07 bits per heavy atom. The van der Waals surface area contributed by atoms with Crippen molar-refractivity contribution in [1.29, 1.82) is 0 Å². The summed E-state index contributed by atoms with van der Waals surface area (Å²) in [5.41, 5.74) is 0.969. The van der Waals surface area contributed by atoms with Gasteiger partial charge in [0, 0.05) is 12.1 Å². The van der Waals surface area contributed by atoms with Gasteiger partial charge >= 0.3 is 0 Å². The van der Waals surface area contributed by atoms with Gasteiger partial charge in [-0.05, 0) is 12.1 Å². The summed E-state index contributed by atoms with van der Waals surface area (Å²) in [4.78, 5) is 11.5. The van der Waals surface area contributed by atoms with E-state index >= 15 is 0 Å². The fourth-order valence-electron chi connectivity index (χ4n) is 1.50. The van der Waals surface area contributed by atoms with Gasteiger partial charge in [0.15, 0.2) is 5.78 Å². The van der Waals surface area contributed by atoms with Gasteiger partial charge < -0.3 is 10.1 Å². The number of para-hydroxylation sites is 1. The Hall–Kier alpha value is -1.35. The lowest BCUT2D eigenvalue weighted by Gasteiger charge is -2.22. The molecule has 1 N–H and O–H groups in total. The van der Waals surface area contributed by atoms with Crippen molar-refractivity contribution in [2.24, 2.45) is 0 Å². The summed E-state index contributed by atoms with van der Waals surface area (Å²) < 4.78 is 5.24. The molecular weight excluding hydrogens is 178 g/mol. The molecule has 1 aliphatic heterocycles. The van der Waals surface area contributed by atoms with Gasteiger partial charge in [-0.3, -0.25) is 4.79 Å². The molecule has 1 unspecified atom stereocenters. The third kappa shape index (κ3) is 2.12. The minimum atomic E-state index is -0.175. The van der Waals surface area contributed by atoms with Crippen molar-refractivity contribution in [3.05, 3.63) is 30.3 Å². The SMILES string of the molecule is O=C1CCOCC1Nc1ccccc1. The van der Waals surface area contributed by atoms with Crippen molar-refractivity contribution >= 4 is 11.5 Å². The van der Waals surface area contributed by atoms with E-state index in [1.54, 1.807) is 0 Å². The van der Waals surface area contributed by atoms with Crippen LogP contribution in [0.25, 0.3) is 0 Å². The summed E-state index contributed by atoms with van der Waals surface area (Å²) in [5.74, 6) is 0.236. The Balaban J connectivity index is 2.00. The van der Waals surface area contributed by atoms with E-state index in [0.717, 1.165) is 5.69 Å². The Bertz CT molecular complexity index is 310. The number of hydrogen-bond acceptors (Lipinski definition) is 3. The lowest BCUT2D eigenvalue weighted by molar-refractivity contribution is -0.125. The van der Waals surface area contributed by atoms with Crippen molar-refractivity contribution in [2.45, 2.75) is 12.5 Å². The Labute approximate surface area is 83.1 Å². The molecule has 1 saturated heterocycles. The predicted molar refractivity (Wildman–Crippen MR) is 54.3 cm³/mol. The molecule has 0 bridgehead atoms. The number of hydrogen-bond donors (Lipinski definition) is 1. The molecule has 0 aliphatic carbocycles. The van der Waals surface area contributed by atoms with Crippen LogP contribution in [0.5, 0.6) is 0 Å². The fourth-order valence-corrected chi connectivity index (χ4v) is 1.50. The molecule has 3 nitrogen and oxygen atoms in total. The lowest BCUT2D eigenvalue weighted by atomic mass is 10.1. The van der Waals surface area contributed by atoms with Crippen LogP contribution in [0.2, 0.25) is 0 Å². The van der Waals surface area contributed by atoms with Gasteiger partial charge in [0.2, 0.25) is 0 Å². The molecular formula is C11H13NO2. The van der Waals surface area contributed by atoms with E-state index in [2.05, 4.69) is 5.32 Å². The topological polar surface area (TPSA) is 38.3 Å². The van der Waals surface area contributed by atoms with E-state index in [-0.39, 0.29) is 11.8 Å². The molecule has 0 saturated carbocycles. The third-order valence-electron chi connectivity index (χ3n) is 2.28. The summed E-state index contributed by atoms with van der Waals surface area (Å²) in [6.45, 7) is 1.04. The minimum absolute atomic E-state index is 0.175. The molecule has 0 spiro atoms. The van der Waals surface area contributed by atoms with Gasteiger partial charge in [-0.2, -0.15) is 0 Å². The number of Topliss-reactive ketones (excluding diaryl/α,β-unsaturated/α-hetero) is 1. The average Bonchev–Trinajstić information content (AvgIpc) is 2.23. The number of carbonyl (C=O) groups is 1. The number of benzene rings is 1. The van der Waals surface area contributed by atoms with Crippen molar-refractivity contribution < 1.29 is 9.53 Å². The first-order valence-corrected chi connectivity index (χ1v) is 4.78. The maximum Gasteiger partial charge on any atom is 0.159 e. The maximum absolute atomic E-state index is 11.5. The van der Waals surface area contributed by atoms with Gasteiger partial charge in [0.05, 0.1) is 13.2 Å². The van der Waals surface area contributed by atoms with E-state index in [9.17, 15) is 4.79 Å². The molecule has 1 atom stereocenters.